The summed E-state index contributed by atoms with van der Waals surface area (Å²) in [6, 6.07) is 0. The first-order chi connectivity index (χ1) is 9.80. The SMILES string of the molecule is Cc1nn(C)c2sc(C(=O)N3CCOC(C)(C)C3)c(N)c12. The third-order valence-corrected chi connectivity index (χ3v) is 5.05. The van der Waals surface area contributed by atoms with Crippen LogP contribution in [0.25, 0.3) is 10.2 Å². The lowest BCUT2D eigenvalue weighted by Gasteiger charge is -2.38. The van der Waals surface area contributed by atoms with Crippen molar-refractivity contribution in [2.24, 2.45) is 7.05 Å². The number of nitrogens with zero attached hydrogens (tertiary/aromatic N) is 3. The largest absolute Gasteiger partial charge is 0.397 e. The Morgan fingerprint density at radius 1 is 1.48 bits per heavy atom. The smallest absolute Gasteiger partial charge is 0.266 e. The molecular formula is C14H20N4O2S. The number of carbonyl (C=O) groups is 1. The third-order valence-electron chi connectivity index (χ3n) is 3.79. The number of aromatic nitrogens is 2. The molecule has 114 valence electrons. The van der Waals surface area contributed by atoms with Gasteiger partial charge in [-0.05, 0) is 20.8 Å². The van der Waals surface area contributed by atoms with Gasteiger partial charge in [-0.2, -0.15) is 5.10 Å². The van der Waals surface area contributed by atoms with E-state index in [1.54, 1.807) is 4.68 Å². The number of rotatable bonds is 1. The number of nitrogen functional groups attached to an aromatic ring is 1. The zero-order valence-corrected chi connectivity index (χ0v) is 13.6. The minimum absolute atomic E-state index is 0.00975. The standard InChI is InChI=1S/C14H20N4O2S/c1-8-9-10(15)11(21-13(9)17(4)16-8)12(19)18-5-6-20-14(2,3)7-18/h5-7,15H2,1-4H3. The van der Waals surface area contributed by atoms with Gasteiger partial charge in [-0.1, -0.05) is 0 Å². The average molecular weight is 308 g/mol. The number of morpholine rings is 1. The Morgan fingerprint density at radius 2 is 2.19 bits per heavy atom. The molecule has 1 aliphatic rings. The number of thiophene rings is 1. The number of nitrogens with two attached hydrogens (primary N) is 1. The van der Waals surface area contributed by atoms with Crippen molar-refractivity contribution in [2.75, 3.05) is 25.4 Å². The van der Waals surface area contributed by atoms with Crippen molar-refractivity contribution in [3.8, 4) is 0 Å². The molecule has 3 heterocycles. The normalized spacial score (nSPS) is 18.4. The van der Waals surface area contributed by atoms with E-state index in [9.17, 15) is 4.79 Å². The van der Waals surface area contributed by atoms with Gasteiger partial charge in [-0.25, -0.2) is 0 Å². The Bertz CT molecular complexity index is 716. The summed E-state index contributed by atoms with van der Waals surface area (Å²) < 4.78 is 7.44. The lowest BCUT2D eigenvalue weighted by Crippen LogP contribution is -2.50. The molecule has 0 spiro atoms. The van der Waals surface area contributed by atoms with Gasteiger partial charge in [0.1, 0.15) is 9.71 Å². The first-order valence-corrected chi connectivity index (χ1v) is 7.76. The molecule has 2 aromatic rings. The zero-order chi connectivity index (χ0) is 15.4. The van der Waals surface area contributed by atoms with Gasteiger partial charge in [0.05, 0.1) is 29.0 Å². The second-order valence-corrected chi connectivity index (χ2v) is 7.07. The van der Waals surface area contributed by atoms with E-state index in [4.69, 9.17) is 10.5 Å². The van der Waals surface area contributed by atoms with Crippen LogP contribution in [0.1, 0.15) is 29.2 Å². The highest BCUT2D eigenvalue weighted by Crippen LogP contribution is 2.36. The van der Waals surface area contributed by atoms with Crippen LogP contribution in [0.3, 0.4) is 0 Å². The molecule has 0 bridgehead atoms. The summed E-state index contributed by atoms with van der Waals surface area (Å²) in [5.74, 6) is -0.00975. The fourth-order valence-corrected chi connectivity index (χ4v) is 3.98. The van der Waals surface area contributed by atoms with Crippen molar-refractivity contribution in [1.82, 2.24) is 14.7 Å². The van der Waals surface area contributed by atoms with Crippen LogP contribution in [-0.4, -0.2) is 45.9 Å². The molecule has 0 aliphatic carbocycles. The first-order valence-electron chi connectivity index (χ1n) is 6.95. The average Bonchev–Trinajstić information content (AvgIpc) is 2.87. The summed E-state index contributed by atoms with van der Waals surface area (Å²) in [6.07, 6.45) is 0. The lowest BCUT2D eigenvalue weighted by atomic mass is 10.1. The highest BCUT2D eigenvalue weighted by atomic mass is 32.1. The number of fused-ring (bicyclic) bond motifs is 1. The second-order valence-electron chi connectivity index (χ2n) is 6.07. The van der Waals surface area contributed by atoms with E-state index in [2.05, 4.69) is 5.10 Å². The second kappa shape index (κ2) is 4.71. The fraction of sp³-hybridized carbons (Fsp3) is 0.571. The van der Waals surface area contributed by atoms with Crippen LogP contribution in [-0.2, 0) is 11.8 Å². The van der Waals surface area contributed by atoms with Crippen molar-refractivity contribution in [2.45, 2.75) is 26.4 Å². The summed E-state index contributed by atoms with van der Waals surface area (Å²) in [6.45, 7) is 7.65. The molecule has 0 aromatic carbocycles. The molecule has 2 N–H and O–H groups in total. The summed E-state index contributed by atoms with van der Waals surface area (Å²) in [4.78, 5) is 16.2. The number of aryl methyl sites for hydroxylation is 2. The number of anilines is 1. The first kappa shape index (κ1) is 14.3. The van der Waals surface area contributed by atoms with Crippen molar-refractivity contribution in [3.63, 3.8) is 0 Å². The Hall–Kier alpha value is -1.60. The maximum Gasteiger partial charge on any atom is 0.266 e. The van der Waals surface area contributed by atoms with Gasteiger partial charge in [-0.3, -0.25) is 9.48 Å². The van der Waals surface area contributed by atoms with E-state index in [0.717, 1.165) is 15.9 Å². The zero-order valence-electron chi connectivity index (χ0n) is 12.8. The molecule has 0 atom stereocenters. The van der Waals surface area contributed by atoms with Gasteiger partial charge in [-0.15, -0.1) is 11.3 Å². The number of amides is 1. The maximum absolute atomic E-state index is 12.8. The molecule has 0 radical (unpaired) electrons. The van der Waals surface area contributed by atoms with E-state index >= 15 is 0 Å². The molecule has 0 unspecified atom stereocenters. The topological polar surface area (TPSA) is 73.4 Å². The van der Waals surface area contributed by atoms with Crippen molar-refractivity contribution < 1.29 is 9.53 Å². The van der Waals surface area contributed by atoms with Crippen LogP contribution in [0, 0.1) is 6.92 Å². The highest BCUT2D eigenvalue weighted by molar-refractivity contribution is 7.21. The number of ether oxygens (including phenoxy) is 1. The minimum Gasteiger partial charge on any atom is -0.397 e. The summed E-state index contributed by atoms with van der Waals surface area (Å²) in [5, 5.41) is 5.25. The van der Waals surface area contributed by atoms with Gasteiger partial charge in [0, 0.05) is 20.1 Å². The minimum atomic E-state index is -0.309. The summed E-state index contributed by atoms with van der Waals surface area (Å²) in [5.41, 5.74) is 7.31. The molecule has 7 heteroatoms. The van der Waals surface area contributed by atoms with Crippen molar-refractivity contribution >= 4 is 33.1 Å². The van der Waals surface area contributed by atoms with Gasteiger partial charge < -0.3 is 15.4 Å². The molecule has 1 aliphatic heterocycles. The fourth-order valence-electron chi connectivity index (χ4n) is 2.82. The molecule has 21 heavy (non-hydrogen) atoms. The number of carbonyl (C=O) groups excluding carboxylic acids is 1. The molecule has 2 aromatic heterocycles. The Morgan fingerprint density at radius 3 is 2.81 bits per heavy atom. The van der Waals surface area contributed by atoms with E-state index in [-0.39, 0.29) is 11.5 Å². The predicted octanol–water partition coefficient (Wildman–Crippen LogP) is 1.78. The lowest BCUT2D eigenvalue weighted by molar-refractivity contribution is -0.0762. The van der Waals surface area contributed by atoms with Gasteiger partial charge in [0.25, 0.3) is 5.91 Å². The number of hydrogen-bond acceptors (Lipinski definition) is 5. The van der Waals surface area contributed by atoms with E-state index in [1.165, 1.54) is 11.3 Å². The Labute approximate surface area is 127 Å². The Balaban J connectivity index is 1.98. The van der Waals surface area contributed by atoms with Crippen LogP contribution in [0.15, 0.2) is 0 Å². The maximum atomic E-state index is 12.8. The van der Waals surface area contributed by atoms with Crippen LogP contribution in [0.4, 0.5) is 5.69 Å². The van der Waals surface area contributed by atoms with Crippen molar-refractivity contribution in [3.05, 3.63) is 10.6 Å². The van der Waals surface area contributed by atoms with E-state index < -0.39 is 0 Å². The van der Waals surface area contributed by atoms with Crippen LogP contribution < -0.4 is 5.73 Å². The molecule has 1 fully saturated rings. The molecular weight excluding hydrogens is 288 g/mol. The molecule has 1 saturated heterocycles. The monoisotopic (exact) mass is 308 g/mol. The van der Waals surface area contributed by atoms with Crippen LogP contribution in [0.2, 0.25) is 0 Å². The quantitative estimate of drug-likeness (QED) is 0.871. The van der Waals surface area contributed by atoms with Crippen molar-refractivity contribution in [1.29, 1.82) is 0 Å². The molecule has 6 nitrogen and oxygen atoms in total. The van der Waals surface area contributed by atoms with Crippen LogP contribution in [0.5, 0.6) is 0 Å². The summed E-state index contributed by atoms with van der Waals surface area (Å²) >= 11 is 1.42. The Kier molecular flexibility index (Phi) is 3.22. The molecule has 1 amide bonds. The third kappa shape index (κ3) is 2.30. The summed E-state index contributed by atoms with van der Waals surface area (Å²) in [7, 11) is 1.87. The predicted molar refractivity (Wildman–Crippen MR) is 83.7 cm³/mol. The highest BCUT2D eigenvalue weighted by Gasteiger charge is 2.32. The van der Waals surface area contributed by atoms with Gasteiger partial charge in [0.2, 0.25) is 0 Å². The van der Waals surface area contributed by atoms with Gasteiger partial charge >= 0.3 is 0 Å². The number of hydrogen-bond donors (Lipinski definition) is 1. The van der Waals surface area contributed by atoms with Crippen LogP contribution >= 0.6 is 11.3 Å². The molecule has 3 rings (SSSR count). The van der Waals surface area contributed by atoms with Gasteiger partial charge in [0.15, 0.2) is 0 Å². The van der Waals surface area contributed by atoms with E-state index in [1.807, 2.05) is 32.7 Å². The molecule has 0 saturated carbocycles. The van der Waals surface area contributed by atoms with E-state index in [0.29, 0.717) is 30.3 Å².